The molecule has 0 spiro atoms. The third-order valence-electron chi connectivity index (χ3n) is 2.36. The molecule has 1 aliphatic heterocycles. The van der Waals surface area contributed by atoms with Gasteiger partial charge in [0.25, 0.3) is 0 Å². The van der Waals surface area contributed by atoms with Crippen LogP contribution in [0.15, 0.2) is 16.9 Å². The molecule has 0 radical (unpaired) electrons. The first kappa shape index (κ1) is 8.72. The maximum Gasteiger partial charge on any atom is 0.124 e. The predicted octanol–water partition coefficient (Wildman–Crippen LogP) is 0.631. The highest BCUT2D eigenvalue weighted by Gasteiger charge is 2.17. The summed E-state index contributed by atoms with van der Waals surface area (Å²) in [6, 6.07) is 1.86. The SMILES string of the molecule is OC1CCCN(Cc2ccon2)C1. The molecule has 2 rings (SSSR count). The molecule has 1 aromatic heterocycles. The van der Waals surface area contributed by atoms with Gasteiger partial charge in [-0.05, 0) is 19.4 Å². The lowest BCUT2D eigenvalue weighted by Gasteiger charge is -2.28. The first-order valence-corrected chi connectivity index (χ1v) is 4.64. The van der Waals surface area contributed by atoms with Crippen LogP contribution in [0.1, 0.15) is 18.5 Å². The van der Waals surface area contributed by atoms with E-state index in [1.807, 2.05) is 6.07 Å². The number of aromatic nitrogens is 1. The van der Waals surface area contributed by atoms with Crippen molar-refractivity contribution in [3.05, 3.63) is 18.0 Å². The van der Waals surface area contributed by atoms with Crippen molar-refractivity contribution in [3.63, 3.8) is 0 Å². The summed E-state index contributed by atoms with van der Waals surface area (Å²) in [6.07, 6.45) is 3.41. The predicted molar refractivity (Wildman–Crippen MR) is 47.0 cm³/mol. The highest BCUT2D eigenvalue weighted by Crippen LogP contribution is 2.12. The second-order valence-corrected chi connectivity index (χ2v) is 3.52. The molecule has 0 aromatic carbocycles. The summed E-state index contributed by atoms with van der Waals surface area (Å²) in [6.45, 7) is 2.59. The molecule has 1 aromatic rings. The van der Waals surface area contributed by atoms with Gasteiger partial charge in [0.15, 0.2) is 0 Å². The monoisotopic (exact) mass is 182 g/mol. The van der Waals surface area contributed by atoms with E-state index < -0.39 is 0 Å². The van der Waals surface area contributed by atoms with Gasteiger partial charge < -0.3 is 9.63 Å². The third kappa shape index (κ3) is 2.29. The smallest absolute Gasteiger partial charge is 0.124 e. The van der Waals surface area contributed by atoms with E-state index in [1.54, 1.807) is 6.26 Å². The molecule has 1 saturated heterocycles. The van der Waals surface area contributed by atoms with Gasteiger partial charge in [0.05, 0.1) is 11.8 Å². The van der Waals surface area contributed by atoms with E-state index in [0.29, 0.717) is 0 Å². The fraction of sp³-hybridized carbons (Fsp3) is 0.667. The van der Waals surface area contributed by atoms with Gasteiger partial charge in [-0.1, -0.05) is 5.16 Å². The molecule has 0 aliphatic carbocycles. The summed E-state index contributed by atoms with van der Waals surface area (Å²) in [4.78, 5) is 2.20. The molecular weight excluding hydrogens is 168 g/mol. The Morgan fingerprint density at radius 1 is 1.69 bits per heavy atom. The maximum atomic E-state index is 9.42. The molecular formula is C9H14N2O2. The van der Waals surface area contributed by atoms with E-state index in [2.05, 4.69) is 10.1 Å². The van der Waals surface area contributed by atoms with E-state index in [9.17, 15) is 5.11 Å². The number of aliphatic hydroxyl groups is 1. The van der Waals surface area contributed by atoms with Crippen molar-refractivity contribution in [1.29, 1.82) is 0 Å². The first-order valence-electron chi connectivity index (χ1n) is 4.64. The number of hydrogen-bond donors (Lipinski definition) is 1. The topological polar surface area (TPSA) is 49.5 Å². The normalized spacial score (nSPS) is 24.8. The zero-order chi connectivity index (χ0) is 9.10. The minimum Gasteiger partial charge on any atom is -0.392 e. The number of piperidine rings is 1. The van der Waals surface area contributed by atoms with Crippen LogP contribution < -0.4 is 0 Å². The number of likely N-dealkylation sites (tertiary alicyclic amines) is 1. The zero-order valence-electron chi connectivity index (χ0n) is 7.52. The second-order valence-electron chi connectivity index (χ2n) is 3.52. The van der Waals surface area contributed by atoms with Crippen molar-refractivity contribution in [2.45, 2.75) is 25.5 Å². The Hall–Kier alpha value is -0.870. The molecule has 2 heterocycles. The number of hydrogen-bond acceptors (Lipinski definition) is 4. The summed E-state index contributed by atoms with van der Waals surface area (Å²) < 4.78 is 4.74. The van der Waals surface area contributed by atoms with Crippen molar-refractivity contribution in [2.75, 3.05) is 13.1 Å². The van der Waals surface area contributed by atoms with E-state index in [0.717, 1.165) is 38.2 Å². The van der Waals surface area contributed by atoms with E-state index in [-0.39, 0.29) is 6.10 Å². The Labute approximate surface area is 77.1 Å². The molecule has 1 atom stereocenters. The van der Waals surface area contributed by atoms with Crippen molar-refractivity contribution in [1.82, 2.24) is 10.1 Å². The van der Waals surface area contributed by atoms with Gasteiger partial charge in [-0.25, -0.2) is 0 Å². The zero-order valence-corrected chi connectivity index (χ0v) is 7.52. The van der Waals surface area contributed by atoms with Crippen molar-refractivity contribution < 1.29 is 9.63 Å². The first-order chi connectivity index (χ1) is 6.34. The molecule has 1 unspecified atom stereocenters. The lowest BCUT2D eigenvalue weighted by atomic mass is 10.1. The molecule has 0 saturated carbocycles. The van der Waals surface area contributed by atoms with Crippen LogP contribution in [-0.2, 0) is 6.54 Å². The van der Waals surface area contributed by atoms with Crippen molar-refractivity contribution >= 4 is 0 Å². The summed E-state index contributed by atoms with van der Waals surface area (Å²) in [7, 11) is 0. The van der Waals surface area contributed by atoms with Crippen molar-refractivity contribution in [3.8, 4) is 0 Å². The Morgan fingerprint density at radius 2 is 2.62 bits per heavy atom. The molecule has 0 bridgehead atoms. The minimum atomic E-state index is -0.166. The van der Waals surface area contributed by atoms with Gasteiger partial charge in [0, 0.05) is 19.2 Å². The number of β-amino-alcohol motifs (C(OH)–C–C–N with tert-alkyl or cyclic N) is 1. The van der Waals surface area contributed by atoms with Gasteiger partial charge in [-0.15, -0.1) is 0 Å². The average molecular weight is 182 g/mol. The van der Waals surface area contributed by atoms with Crippen LogP contribution in [0.4, 0.5) is 0 Å². The van der Waals surface area contributed by atoms with E-state index >= 15 is 0 Å². The molecule has 1 aliphatic rings. The van der Waals surface area contributed by atoms with Gasteiger partial charge in [0.2, 0.25) is 0 Å². The Morgan fingerprint density at radius 3 is 3.31 bits per heavy atom. The fourth-order valence-electron chi connectivity index (χ4n) is 1.72. The van der Waals surface area contributed by atoms with Gasteiger partial charge in [-0.3, -0.25) is 4.90 Å². The maximum absolute atomic E-state index is 9.42. The van der Waals surface area contributed by atoms with Crippen LogP contribution in [-0.4, -0.2) is 34.4 Å². The molecule has 13 heavy (non-hydrogen) atoms. The molecule has 1 fully saturated rings. The molecule has 1 N–H and O–H groups in total. The van der Waals surface area contributed by atoms with Crippen molar-refractivity contribution in [2.24, 2.45) is 0 Å². The number of aliphatic hydroxyl groups excluding tert-OH is 1. The molecule has 72 valence electrons. The van der Waals surface area contributed by atoms with E-state index in [4.69, 9.17) is 4.52 Å². The van der Waals surface area contributed by atoms with Gasteiger partial charge in [0.1, 0.15) is 6.26 Å². The Balaban J connectivity index is 1.87. The molecule has 0 amide bonds. The third-order valence-corrected chi connectivity index (χ3v) is 2.36. The van der Waals surface area contributed by atoms with Crippen LogP contribution in [0, 0.1) is 0 Å². The Bertz CT molecular complexity index is 248. The largest absolute Gasteiger partial charge is 0.392 e. The van der Waals surface area contributed by atoms with Crippen LogP contribution in [0.5, 0.6) is 0 Å². The summed E-state index contributed by atoms with van der Waals surface area (Å²) in [5.74, 6) is 0. The quantitative estimate of drug-likeness (QED) is 0.729. The fourth-order valence-corrected chi connectivity index (χ4v) is 1.72. The van der Waals surface area contributed by atoms with Gasteiger partial charge in [-0.2, -0.15) is 0 Å². The minimum absolute atomic E-state index is 0.166. The lowest BCUT2D eigenvalue weighted by molar-refractivity contribution is 0.0657. The summed E-state index contributed by atoms with van der Waals surface area (Å²) in [5, 5.41) is 13.3. The molecule has 4 nitrogen and oxygen atoms in total. The van der Waals surface area contributed by atoms with Crippen LogP contribution in [0.25, 0.3) is 0 Å². The highest BCUT2D eigenvalue weighted by atomic mass is 16.5. The Kier molecular flexibility index (Phi) is 2.61. The van der Waals surface area contributed by atoms with Crippen LogP contribution in [0.3, 0.4) is 0 Å². The lowest BCUT2D eigenvalue weighted by Crippen LogP contribution is -2.37. The second kappa shape index (κ2) is 3.89. The summed E-state index contributed by atoms with van der Waals surface area (Å²) >= 11 is 0. The van der Waals surface area contributed by atoms with Crippen LogP contribution >= 0.6 is 0 Å². The van der Waals surface area contributed by atoms with Crippen LogP contribution in [0.2, 0.25) is 0 Å². The number of nitrogens with zero attached hydrogens (tertiary/aromatic N) is 2. The number of rotatable bonds is 2. The van der Waals surface area contributed by atoms with E-state index in [1.165, 1.54) is 0 Å². The summed E-state index contributed by atoms with van der Waals surface area (Å²) in [5.41, 5.74) is 0.939. The standard InChI is InChI=1S/C9H14N2O2/c12-9-2-1-4-11(7-9)6-8-3-5-13-10-8/h3,5,9,12H,1-2,4,6-7H2. The average Bonchev–Trinajstić information content (AvgIpc) is 2.57. The molecule has 4 heteroatoms. The highest BCUT2D eigenvalue weighted by molar-refractivity contribution is 4.95. The van der Waals surface area contributed by atoms with Gasteiger partial charge >= 0.3 is 0 Å².